The smallest absolute Gasteiger partial charge is 0.234 e. The first kappa shape index (κ1) is 16.4. The van der Waals surface area contributed by atoms with Crippen molar-refractivity contribution in [2.45, 2.75) is 25.0 Å². The Labute approximate surface area is 134 Å². The van der Waals surface area contributed by atoms with Crippen LogP contribution in [0.5, 0.6) is 0 Å². The SMILES string of the molecule is CC(C)n1cnnc1SCC(=O)Nc1ccc(N(C)C)cc1. The number of carbonyl (C=O) groups excluding carboxylic acids is 1. The highest BCUT2D eigenvalue weighted by atomic mass is 32.2. The molecule has 0 aliphatic rings. The van der Waals surface area contributed by atoms with E-state index in [1.165, 1.54) is 11.8 Å². The fourth-order valence-electron chi connectivity index (χ4n) is 1.86. The summed E-state index contributed by atoms with van der Waals surface area (Å²) in [5.41, 5.74) is 1.89. The van der Waals surface area contributed by atoms with Crippen LogP contribution in [0.3, 0.4) is 0 Å². The second kappa shape index (κ2) is 7.31. The summed E-state index contributed by atoms with van der Waals surface area (Å²) in [5, 5.41) is 11.6. The lowest BCUT2D eigenvalue weighted by molar-refractivity contribution is -0.113. The van der Waals surface area contributed by atoms with Crippen molar-refractivity contribution in [2.24, 2.45) is 0 Å². The predicted molar refractivity (Wildman–Crippen MR) is 90.5 cm³/mol. The zero-order valence-electron chi connectivity index (χ0n) is 13.3. The van der Waals surface area contributed by atoms with Crippen LogP contribution in [-0.2, 0) is 4.79 Å². The highest BCUT2D eigenvalue weighted by molar-refractivity contribution is 7.99. The molecule has 2 aromatic rings. The zero-order valence-corrected chi connectivity index (χ0v) is 14.1. The van der Waals surface area contributed by atoms with Gasteiger partial charge in [-0.2, -0.15) is 0 Å². The second-order valence-electron chi connectivity index (χ2n) is 5.39. The van der Waals surface area contributed by atoms with E-state index in [0.29, 0.717) is 5.75 Å². The number of hydrogen-bond acceptors (Lipinski definition) is 5. The predicted octanol–water partition coefficient (Wildman–Crippen LogP) is 2.66. The minimum Gasteiger partial charge on any atom is -0.378 e. The lowest BCUT2D eigenvalue weighted by Crippen LogP contribution is -2.15. The van der Waals surface area contributed by atoms with E-state index in [-0.39, 0.29) is 11.9 Å². The summed E-state index contributed by atoms with van der Waals surface area (Å²) < 4.78 is 1.95. The summed E-state index contributed by atoms with van der Waals surface area (Å²) in [5.74, 6) is 0.252. The van der Waals surface area contributed by atoms with Crippen LogP contribution < -0.4 is 10.2 Å². The second-order valence-corrected chi connectivity index (χ2v) is 6.34. The van der Waals surface area contributed by atoms with Crippen LogP contribution in [0.1, 0.15) is 19.9 Å². The standard InChI is InChI=1S/C15H21N5OS/c1-11(2)20-10-16-18-15(20)22-9-14(21)17-12-5-7-13(8-6-12)19(3)4/h5-8,10-11H,9H2,1-4H3,(H,17,21). The van der Waals surface area contributed by atoms with E-state index in [1.54, 1.807) is 6.33 Å². The lowest BCUT2D eigenvalue weighted by atomic mass is 10.2. The fraction of sp³-hybridized carbons (Fsp3) is 0.400. The van der Waals surface area contributed by atoms with Crippen LogP contribution in [0.4, 0.5) is 11.4 Å². The summed E-state index contributed by atoms with van der Waals surface area (Å²) in [6.07, 6.45) is 1.69. The van der Waals surface area contributed by atoms with Crippen molar-refractivity contribution in [3.63, 3.8) is 0 Å². The van der Waals surface area contributed by atoms with Gasteiger partial charge in [-0.3, -0.25) is 4.79 Å². The molecule has 118 valence electrons. The summed E-state index contributed by atoms with van der Waals surface area (Å²) in [6.45, 7) is 4.11. The molecule has 0 unspecified atom stereocenters. The number of nitrogens with one attached hydrogen (secondary N) is 1. The van der Waals surface area contributed by atoms with Crippen molar-refractivity contribution >= 4 is 29.0 Å². The Morgan fingerprint density at radius 1 is 1.32 bits per heavy atom. The largest absolute Gasteiger partial charge is 0.378 e. The highest BCUT2D eigenvalue weighted by Crippen LogP contribution is 2.20. The molecule has 0 fully saturated rings. The van der Waals surface area contributed by atoms with E-state index >= 15 is 0 Å². The molecule has 0 radical (unpaired) electrons. The molecular weight excluding hydrogens is 298 g/mol. The zero-order chi connectivity index (χ0) is 16.1. The van der Waals surface area contributed by atoms with Gasteiger partial charge in [-0.25, -0.2) is 0 Å². The molecule has 1 N–H and O–H groups in total. The molecular formula is C15H21N5OS. The number of aromatic nitrogens is 3. The van der Waals surface area contributed by atoms with E-state index in [2.05, 4.69) is 29.4 Å². The average Bonchev–Trinajstić information content (AvgIpc) is 2.94. The lowest BCUT2D eigenvalue weighted by Gasteiger charge is -2.13. The molecule has 0 spiro atoms. The molecule has 2 rings (SSSR count). The van der Waals surface area contributed by atoms with Gasteiger partial charge in [0.15, 0.2) is 5.16 Å². The summed E-state index contributed by atoms with van der Waals surface area (Å²) in [6, 6.07) is 8.01. The Hall–Kier alpha value is -2.02. The monoisotopic (exact) mass is 319 g/mol. The molecule has 0 aliphatic carbocycles. The Kier molecular flexibility index (Phi) is 5.43. The van der Waals surface area contributed by atoms with E-state index in [0.717, 1.165) is 16.5 Å². The van der Waals surface area contributed by atoms with Crippen LogP contribution in [0.25, 0.3) is 0 Å². The van der Waals surface area contributed by atoms with Gasteiger partial charge in [0.1, 0.15) is 6.33 Å². The van der Waals surface area contributed by atoms with Gasteiger partial charge in [0.2, 0.25) is 5.91 Å². The first-order chi connectivity index (χ1) is 10.5. The van der Waals surface area contributed by atoms with Crippen LogP contribution >= 0.6 is 11.8 Å². The third kappa shape index (κ3) is 4.24. The van der Waals surface area contributed by atoms with Crippen molar-refractivity contribution < 1.29 is 4.79 Å². The first-order valence-corrected chi connectivity index (χ1v) is 8.05. The number of benzene rings is 1. The van der Waals surface area contributed by atoms with Crippen molar-refractivity contribution in [3.05, 3.63) is 30.6 Å². The molecule has 1 heterocycles. The molecule has 0 atom stereocenters. The van der Waals surface area contributed by atoms with Crippen molar-refractivity contribution in [3.8, 4) is 0 Å². The summed E-state index contributed by atoms with van der Waals surface area (Å²) >= 11 is 1.39. The van der Waals surface area contributed by atoms with Gasteiger partial charge in [0.25, 0.3) is 0 Å². The molecule has 0 bridgehead atoms. The minimum atomic E-state index is -0.0547. The maximum Gasteiger partial charge on any atom is 0.234 e. The Bertz CT molecular complexity index is 621. The third-order valence-electron chi connectivity index (χ3n) is 3.10. The minimum absolute atomic E-state index is 0.0547. The van der Waals surface area contributed by atoms with Crippen LogP contribution in [-0.4, -0.2) is 40.5 Å². The number of hydrogen-bond donors (Lipinski definition) is 1. The molecule has 1 amide bonds. The molecule has 6 nitrogen and oxygen atoms in total. The van der Waals surface area contributed by atoms with Gasteiger partial charge in [0, 0.05) is 31.5 Å². The first-order valence-electron chi connectivity index (χ1n) is 7.07. The van der Waals surface area contributed by atoms with Gasteiger partial charge in [-0.05, 0) is 38.1 Å². The maximum absolute atomic E-state index is 12.0. The number of anilines is 2. The number of nitrogens with zero attached hydrogens (tertiary/aromatic N) is 4. The van der Waals surface area contributed by atoms with Crippen molar-refractivity contribution in [1.29, 1.82) is 0 Å². The molecule has 0 saturated carbocycles. The third-order valence-corrected chi connectivity index (χ3v) is 4.05. The number of thioether (sulfide) groups is 1. The molecule has 0 aliphatic heterocycles. The van der Waals surface area contributed by atoms with Crippen LogP contribution in [0, 0.1) is 0 Å². The van der Waals surface area contributed by atoms with Crippen LogP contribution in [0.15, 0.2) is 35.7 Å². The van der Waals surface area contributed by atoms with Gasteiger partial charge in [-0.1, -0.05) is 11.8 Å². The normalized spacial score (nSPS) is 10.8. The molecule has 22 heavy (non-hydrogen) atoms. The molecule has 7 heteroatoms. The van der Waals surface area contributed by atoms with E-state index in [9.17, 15) is 4.79 Å². The van der Waals surface area contributed by atoms with Gasteiger partial charge in [-0.15, -0.1) is 10.2 Å². The average molecular weight is 319 g/mol. The molecule has 1 aromatic heterocycles. The van der Waals surface area contributed by atoms with Crippen LogP contribution in [0.2, 0.25) is 0 Å². The van der Waals surface area contributed by atoms with E-state index in [1.807, 2.05) is 47.8 Å². The summed E-state index contributed by atoms with van der Waals surface area (Å²) in [4.78, 5) is 14.0. The Morgan fingerprint density at radius 2 is 2.00 bits per heavy atom. The van der Waals surface area contributed by atoms with E-state index in [4.69, 9.17) is 0 Å². The highest BCUT2D eigenvalue weighted by Gasteiger charge is 2.10. The van der Waals surface area contributed by atoms with E-state index < -0.39 is 0 Å². The number of amides is 1. The topological polar surface area (TPSA) is 63.1 Å². The van der Waals surface area contributed by atoms with Crippen molar-refractivity contribution in [2.75, 3.05) is 30.1 Å². The summed E-state index contributed by atoms with van der Waals surface area (Å²) in [7, 11) is 3.96. The molecule has 0 saturated heterocycles. The van der Waals surface area contributed by atoms with Gasteiger partial charge >= 0.3 is 0 Å². The van der Waals surface area contributed by atoms with Gasteiger partial charge in [0.05, 0.1) is 5.75 Å². The number of rotatable bonds is 6. The van der Waals surface area contributed by atoms with Gasteiger partial charge < -0.3 is 14.8 Å². The number of carbonyl (C=O) groups is 1. The molecule has 1 aromatic carbocycles. The fourth-order valence-corrected chi connectivity index (χ4v) is 2.70. The van der Waals surface area contributed by atoms with Crippen molar-refractivity contribution in [1.82, 2.24) is 14.8 Å². The quantitative estimate of drug-likeness (QED) is 0.829. The Morgan fingerprint density at radius 3 is 2.59 bits per heavy atom. The maximum atomic E-state index is 12.0. The Balaban J connectivity index is 1.89.